The third kappa shape index (κ3) is 4.14. The Morgan fingerprint density at radius 3 is 2.27 bits per heavy atom. The fraction of sp³-hybridized carbons (Fsp3) is 0.286. The van der Waals surface area contributed by atoms with E-state index in [0.717, 1.165) is 4.90 Å². The zero-order valence-corrected chi connectivity index (χ0v) is 17.1. The van der Waals surface area contributed by atoms with Crippen molar-refractivity contribution in [1.29, 1.82) is 0 Å². The lowest BCUT2D eigenvalue weighted by molar-refractivity contribution is -0.121. The molecule has 1 saturated heterocycles. The van der Waals surface area contributed by atoms with Crippen molar-refractivity contribution in [1.82, 2.24) is 0 Å². The molecule has 3 rings (SSSR count). The summed E-state index contributed by atoms with van der Waals surface area (Å²) in [7, 11) is 4.48. The summed E-state index contributed by atoms with van der Waals surface area (Å²) in [6, 6.07) is 9.05. The highest BCUT2D eigenvalue weighted by Gasteiger charge is 2.40. The number of ether oxygens (including phenoxy) is 3. The molecule has 1 fully saturated rings. The van der Waals surface area contributed by atoms with Gasteiger partial charge in [-0.25, -0.2) is 4.90 Å². The van der Waals surface area contributed by atoms with E-state index < -0.39 is 11.9 Å². The molecule has 1 unspecified atom stereocenters. The molecule has 30 heavy (non-hydrogen) atoms. The van der Waals surface area contributed by atoms with Crippen molar-refractivity contribution in [3.8, 4) is 17.2 Å². The number of rotatable bonds is 7. The Labute approximate surface area is 173 Å². The molecule has 1 atom stereocenters. The highest BCUT2D eigenvalue weighted by molar-refractivity contribution is 6.23. The van der Waals surface area contributed by atoms with Crippen LogP contribution in [0.2, 0.25) is 0 Å². The number of hydrogen-bond donors (Lipinski definition) is 2. The first kappa shape index (κ1) is 21.0. The quantitative estimate of drug-likeness (QED) is 0.672. The molecular formula is C21H23N3O6. The van der Waals surface area contributed by atoms with Crippen molar-refractivity contribution >= 4 is 34.8 Å². The highest BCUT2D eigenvalue weighted by Crippen LogP contribution is 2.35. The number of methoxy groups -OCH3 is 3. The molecule has 9 heteroatoms. The Hall–Kier alpha value is -3.75. The largest absolute Gasteiger partial charge is 0.495 e. The lowest BCUT2D eigenvalue weighted by Gasteiger charge is -2.19. The van der Waals surface area contributed by atoms with Crippen LogP contribution in [-0.2, 0) is 14.4 Å². The summed E-state index contributed by atoms with van der Waals surface area (Å²) in [4.78, 5) is 38.1. The predicted molar refractivity (Wildman–Crippen MR) is 111 cm³/mol. The Morgan fingerprint density at radius 1 is 0.967 bits per heavy atom. The molecule has 3 amide bonds. The molecule has 0 radical (unpaired) electrons. The number of imide groups is 1. The van der Waals surface area contributed by atoms with Gasteiger partial charge < -0.3 is 24.8 Å². The van der Waals surface area contributed by atoms with Gasteiger partial charge in [-0.1, -0.05) is 0 Å². The molecule has 1 heterocycles. The molecule has 0 saturated carbocycles. The van der Waals surface area contributed by atoms with E-state index in [-0.39, 0.29) is 18.2 Å². The van der Waals surface area contributed by atoms with Crippen LogP contribution >= 0.6 is 0 Å². The molecule has 1 aliphatic rings. The lowest BCUT2D eigenvalue weighted by Crippen LogP contribution is -2.34. The molecule has 0 aromatic heterocycles. The Kier molecular flexibility index (Phi) is 6.10. The summed E-state index contributed by atoms with van der Waals surface area (Å²) >= 11 is 0. The van der Waals surface area contributed by atoms with Crippen LogP contribution in [0.15, 0.2) is 36.4 Å². The van der Waals surface area contributed by atoms with Gasteiger partial charge in [-0.3, -0.25) is 14.4 Å². The molecule has 158 valence electrons. The van der Waals surface area contributed by atoms with Crippen LogP contribution in [0.25, 0.3) is 0 Å². The summed E-state index contributed by atoms with van der Waals surface area (Å²) < 4.78 is 15.8. The Morgan fingerprint density at radius 2 is 1.63 bits per heavy atom. The van der Waals surface area contributed by atoms with Gasteiger partial charge in [0.15, 0.2) is 11.5 Å². The van der Waals surface area contributed by atoms with Crippen LogP contribution in [0.3, 0.4) is 0 Å². The molecule has 2 N–H and O–H groups in total. The second-order valence-electron chi connectivity index (χ2n) is 6.60. The normalized spacial score (nSPS) is 15.7. The average molecular weight is 413 g/mol. The minimum Gasteiger partial charge on any atom is -0.495 e. The van der Waals surface area contributed by atoms with E-state index in [0.29, 0.717) is 34.3 Å². The van der Waals surface area contributed by atoms with Crippen molar-refractivity contribution in [2.75, 3.05) is 36.9 Å². The van der Waals surface area contributed by atoms with Crippen molar-refractivity contribution < 1.29 is 28.6 Å². The maximum atomic E-state index is 13.0. The molecule has 1 aliphatic heterocycles. The minimum absolute atomic E-state index is 0.0271. The first-order valence-electron chi connectivity index (χ1n) is 9.19. The third-order valence-corrected chi connectivity index (χ3v) is 4.62. The number of nitrogens with zero attached hydrogens (tertiary/aromatic N) is 1. The van der Waals surface area contributed by atoms with E-state index in [1.54, 1.807) is 36.4 Å². The first-order chi connectivity index (χ1) is 14.4. The standard InChI is InChI=1S/C21H23N3O6/c1-12(25)22-13-5-7-17(28-2)15(9-13)23-16-11-20(26)24(21(16)27)14-6-8-18(29-3)19(10-14)30-4/h5-10,16,23H,11H2,1-4H3,(H,22,25). The van der Waals surface area contributed by atoms with Crippen LogP contribution in [0.1, 0.15) is 13.3 Å². The average Bonchev–Trinajstić information content (AvgIpc) is 3.00. The molecule has 0 bridgehead atoms. The van der Waals surface area contributed by atoms with Crippen LogP contribution in [0, 0.1) is 0 Å². The number of benzene rings is 2. The van der Waals surface area contributed by atoms with Crippen LogP contribution in [0.5, 0.6) is 17.2 Å². The second-order valence-corrected chi connectivity index (χ2v) is 6.60. The van der Waals surface area contributed by atoms with Gasteiger partial charge >= 0.3 is 0 Å². The van der Waals surface area contributed by atoms with E-state index >= 15 is 0 Å². The zero-order chi connectivity index (χ0) is 21.8. The molecule has 9 nitrogen and oxygen atoms in total. The zero-order valence-electron chi connectivity index (χ0n) is 17.1. The number of carbonyl (C=O) groups is 3. The van der Waals surface area contributed by atoms with Gasteiger partial charge in [0.1, 0.15) is 11.8 Å². The SMILES string of the molecule is COc1ccc(NC(C)=O)cc1NC1CC(=O)N(c2ccc(OC)c(OC)c2)C1=O. The number of nitrogens with one attached hydrogen (secondary N) is 2. The lowest BCUT2D eigenvalue weighted by atomic mass is 10.2. The fourth-order valence-corrected chi connectivity index (χ4v) is 3.27. The van der Waals surface area contributed by atoms with Crippen molar-refractivity contribution in [2.45, 2.75) is 19.4 Å². The van der Waals surface area contributed by atoms with Crippen molar-refractivity contribution in [3.05, 3.63) is 36.4 Å². The van der Waals surface area contributed by atoms with Crippen LogP contribution in [-0.4, -0.2) is 45.1 Å². The topological polar surface area (TPSA) is 106 Å². The van der Waals surface area contributed by atoms with Crippen LogP contribution in [0.4, 0.5) is 17.1 Å². The van der Waals surface area contributed by atoms with E-state index in [2.05, 4.69) is 10.6 Å². The monoisotopic (exact) mass is 413 g/mol. The molecule has 2 aromatic carbocycles. The number of hydrogen-bond acceptors (Lipinski definition) is 7. The van der Waals surface area contributed by atoms with Gasteiger partial charge in [0.25, 0.3) is 5.91 Å². The number of anilines is 3. The maximum absolute atomic E-state index is 13.0. The maximum Gasteiger partial charge on any atom is 0.256 e. The molecule has 2 aromatic rings. The fourth-order valence-electron chi connectivity index (χ4n) is 3.27. The number of carbonyl (C=O) groups excluding carboxylic acids is 3. The van der Waals surface area contributed by atoms with Gasteiger partial charge in [-0.15, -0.1) is 0 Å². The Bertz CT molecular complexity index is 991. The van der Waals surface area contributed by atoms with Gasteiger partial charge in [0.05, 0.1) is 39.1 Å². The smallest absolute Gasteiger partial charge is 0.256 e. The summed E-state index contributed by atoms with van der Waals surface area (Å²) in [5, 5.41) is 5.74. The van der Waals surface area contributed by atoms with E-state index in [9.17, 15) is 14.4 Å². The van der Waals surface area contributed by atoms with E-state index in [1.807, 2.05) is 0 Å². The Balaban J connectivity index is 1.86. The molecule has 0 aliphatic carbocycles. The summed E-state index contributed by atoms with van der Waals surface area (Å²) in [6.45, 7) is 1.40. The third-order valence-electron chi connectivity index (χ3n) is 4.62. The van der Waals surface area contributed by atoms with Crippen molar-refractivity contribution in [2.24, 2.45) is 0 Å². The van der Waals surface area contributed by atoms with Gasteiger partial charge in [0.2, 0.25) is 11.8 Å². The summed E-state index contributed by atoms with van der Waals surface area (Å²) in [5.41, 5.74) is 1.43. The first-order valence-corrected chi connectivity index (χ1v) is 9.19. The molecule has 0 spiro atoms. The highest BCUT2D eigenvalue weighted by atomic mass is 16.5. The number of amides is 3. The molecular weight excluding hydrogens is 390 g/mol. The van der Waals surface area contributed by atoms with Crippen LogP contribution < -0.4 is 29.7 Å². The summed E-state index contributed by atoms with van der Waals surface area (Å²) in [5.74, 6) is 0.416. The van der Waals surface area contributed by atoms with Gasteiger partial charge in [-0.05, 0) is 30.3 Å². The van der Waals surface area contributed by atoms with Crippen molar-refractivity contribution in [3.63, 3.8) is 0 Å². The van der Waals surface area contributed by atoms with Gasteiger partial charge in [-0.2, -0.15) is 0 Å². The predicted octanol–water partition coefficient (Wildman–Crippen LogP) is 2.41. The van der Waals surface area contributed by atoms with E-state index in [4.69, 9.17) is 14.2 Å². The minimum atomic E-state index is -0.785. The van der Waals surface area contributed by atoms with Gasteiger partial charge in [0, 0.05) is 18.7 Å². The second kappa shape index (κ2) is 8.73. The van der Waals surface area contributed by atoms with E-state index in [1.165, 1.54) is 28.3 Å². The summed E-state index contributed by atoms with van der Waals surface area (Å²) in [6.07, 6.45) is -0.0271.